The van der Waals surface area contributed by atoms with E-state index in [9.17, 15) is 14.4 Å². The number of hydrogen-bond donors (Lipinski definition) is 4. The zero-order valence-electron chi connectivity index (χ0n) is 18.0. The van der Waals surface area contributed by atoms with Gasteiger partial charge in [0.1, 0.15) is 12.2 Å². The highest BCUT2D eigenvalue weighted by Gasteiger charge is 2.19. The maximum atomic E-state index is 12.4. The van der Waals surface area contributed by atoms with Crippen molar-refractivity contribution in [2.45, 2.75) is 36.1 Å². The molecule has 0 radical (unpaired) electrons. The Hall–Kier alpha value is -3.38. The molecule has 2 amide bonds. The first kappa shape index (κ1) is 24.3. The third kappa shape index (κ3) is 7.61. The lowest BCUT2D eigenvalue weighted by Gasteiger charge is -2.13. The monoisotopic (exact) mass is 489 g/mol. The van der Waals surface area contributed by atoms with Gasteiger partial charge < -0.3 is 25.5 Å². The number of carboxylic acids is 1. The molecular formula is C21H23N5O5S2. The minimum atomic E-state index is -1.04. The Balaban J connectivity index is 1.62. The number of para-hydroxylation sites is 2. The van der Waals surface area contributed by atoms with Crippen LogP contribution in [0.2, 0.25) is 0 Å². The van der Waals surface area contributed by atoms with Crippen molar-refractivity contribution < 1.29 is 24.2 Å². The topological polar surface area (TPSA) is 146 Å². The molecular weight excluding hydrogens is 466 g/mol. The molecule has 3 rings (SSSR count). The lowest BCUT2D eigenvalue weighted by molar-refractivity contribution is -0.136. The number of nitrogens with zero attached hydrogens (tertiary/aromatic N) is 2. The van der Waals surface area contributed by atoms with E-state index in [-0.39, 0.29) is 11.6 Å². The molecule has 0 aliphatic heterocycles. The first-order valence-electron chi connectivity index (χ1n) is 10.0. The third-order valence-corrected chi connectivity index (χ3v) is 6.09. The number of aromatic nitrogens is 3. The number of carbonyl (C=O) groups excluding carboxylic acids is 2. The predicted octanol–water partition coefficient (Wildman–Crippen LogP) is 3.65. The summed E-state index contributed by atoms with van der Waals surface area (Å²) in [6.45, 7) is 4.53. The highest BCUT2D eigenvalue weighted by Crippen LogP contribution is 2.36. The van der Waals surface area contributed by atoms with E-state index < -0.39 is 24.2 Å². The molecule has 0 aliphatic carbocycles. The molecule has 174 valence electrons. The van der Waals surface area contributed by atoms with Crippen LogP contribution in [0.3, 0.4) is 0 Å². The highest BCUT2D eigenvalue weighted by molar-refractivity contribution is 8.01. The molecule has 1 aromatic carbocycles. The Kier molecular flexibility index (Phi) is 8.44. The van der Waals surface area contributed by atoms with Crippen LogP contribution in [0.25, 0.3) is 0 Å². The van der Waals surface area contributed by atoms with Gasteiger partial charge in [-0.2, -0.15) is 0 Å². The molecule has 0 atom stereocenters. The largest absolute Gasteiger partial charge is 0.491 e. The highest BCUT2D eigenvalue weighted by atomic mass is 32.2. The molecule has 0 saturated carbocycles. The van der Waals surface area contributed by atoms with Crippen LogP contribution in [0.1, 0.15) is 26.0 Å². The van der Waals surface area contributed by atoms with Crippen LogP contribution in [0.4, 0.5) is 10.8 Å². The van der Waals surface area contributed by atoms with Crippen LogP contribution >= 0.6 is 23.1 Å². The van der Waals surface area contributed by atoms with Crippen LogP contribution < -0.4 is 15.4 Å². The summed E-state index contributed by atoms with van der Waals surface area (Å²) in [6, 6.07) is 7.00. The number of hydrogen-bond acceptors (Lipinski definition) is 8. The second kappa shape index (κ2) is 11.5. The van der Waals surface area contributed by atoms with Crippen molar-refractivity contribution in [3.05, 3.63) is 42.4 Å². The van der Waals surface area contributed by atoms with Gasteiger partial charge in [0.15, 0.2) is 10.3 Å². The molecule has 10 nitrogen and oxygen atoms in total. The number of carbonyl (C=O) groups is 3. The van der Waals surface area contributed by atoms with Crippen molar-refractivity contribution in [2.24, 2.45) is 5.92 Å². The van der Waals surface area contributed by atoms with Gasteiger partial charge >= 0.3 is 5.97 Å². The zero-order valence-corrected chi connectivity index (χ0v) is 19.6. The summed E-state index contributed by atoms with van der Waals surface area (Å²) >= 11 is 2.33. The van der Waals surface area contributed by atoms with Crippen molar-refractivity contribution in [3.8, 4) is 5.75 Å². The number of anilines is 2. The second-order valence-corrected chi connectivity index (χ2v) is 9.55. The minimum Gasteiger partial charge on any atom is -0.491 e. The number of ether oxygens (including phenoxy) is 1. The van der Waals surface area contributed by atoms with Gasteiger partial charge in [-0.3, -0.25) is 14.4 Å². The van der Waals surface area contributed by atoms with Gasteiger partial charge in [-0.05, 0) is 29.8 Å². The number of benzene rings is 1. The first-order valence-corrected chi connectivity index (χ1v) is 11.6. The molecule has 0 fully saturated rings. The molecule has 0 saturated heterocycles. The summed E-state index contributed by atoms with van der Waals surface area (Å²) in [5, 5.41) is 15.2. The van der Waals surface area contributed by atoms with Gasteiger partial charge in [0.25, 0.3) is 0 Å². The number of rotatable bonds is 11. The summed E-state index contributed by atoms with van der Waals surface area (Å²) in [7, 11) is 0. The molecule has 4 N–H and O–H groups in total. The summed E-state index contributed by atoms with van der Waals surface area (Å²) in [5.74, 6) is -1.28. The van der Waals surface area contributed by atoms with Gasteiger partial charge in [-0.25, -0.2) is 9.97 Å². The number of carboxylic acid groups (broad SMARTS) is 1. The standard InChI is InChI=1S/C21H23N5O5S2/c1-12(2)11-31-15-6-4-3-5-13(15)24-16(27)10-17(28)26-21-25-14(9-18(29)30)19(33-21)32-20-22-7-8-23-20/h3-8,12H,9-11H2,1-2H3,(H,22,23)(H,24,27)(H,29,30)(H,25,26,28). The first-order chi connectivity index (χ1) is 15.8. The van der Waals surface area contributed by atoms with Crippen molar-refractivity contribution in [1.29, 1.82) is 0 Å². The second-order valence-electron chi connectivity index (χ2n) is 7.29. The van der Waals surface area contributed by atoms with Crippen LogP contribution in [0.5, 0.6) is 5.75 Å². The van der Waals surface area contributed by atoms with Crippen LogP contribution in [-0.2, 0) is 20.8 Å². The summed E-state index contributed by atoms with van der Waals surface area (Å²) in [4.78, 5) is 47.2. The van der Waals surface area contributed by atoms with E-state index in [4.69, 9.17) is 9.84 Å². The smallest absolute Gasteiger partial charge is 0.309 e. The molecule has 0 aliphatic rings. The van der Waals surface area contributed by atoms with E-state index in [1.165, 1.54) is 11.8 Å². The number of thiazole rings is 1. The molecule has 2 aromatic heterocycles. The normalized spacial score (nSPS) is 10.8. The van der Waals surface area contributed by atoms with E-state index in [0.717, 1.165) is 11.3 Å². The fourth-order valence-electron chi connectivity index (χ4n) is 2.58. The van der Waals surface area contributed by atoms with Crippen LogP contribution in [0, 0.1) is 5.92 Å². The molecule has 0 spiro atoms. The van der Waals surface area contributed by atoms with Crippen LogP contribution in [-0.4, -0.2) is 44.4 Å². The van der Waals surface area contributed by atoms with Crippen molar-refractivity contribution in [3.63, 3.8) is 0 Å². The lowest BCUT2D eigenvalue weighted by atomic mass is 10.2. The maximum absolute atomic E-state index is 12.4. The fraction of sp³-hybridized carbons (Fsp3) is 0.286. The Morgan fingerprint density at radius 3 is 2.67 bits per heavy atom. The molecule has 33 heavy (non-hydrogen) atoms. The number of imidazole rings is 1. The van der Waals surface area contributed by atoms with Gasteiger partial charge in [-0.15, -0.1) is 0 Å². The number of aliphatic carboxylic acids is 1. The number of nitrogens with one attached hydrogen (secondary N) is 3. The van der Waals surface area contributed by atoms with Crippen molar-refractivity contribution in [2.75, 3.05) is 17.2 Å². The summed E-state index contributed by atoms with van der Waals surface area (Å²) < 4.78 is 6.30. The van der Waals surface area contributed by atoms with Crippen LogP contribution in [0.15, 0.2) is 46.0 Å². The van der Waals surface area contributed by atoms with Gasteiger partial charge in [0.05, 0.1) is 28.6 Å². The van der Waals surface area contributed by atoms with E-state index >= 15 is 0 Å². The van der Waals surface area contributed by atoms with E-state index in [2.05, 4.69) is 25.6 Å². The molecule has 0 unspecified atom stereocenters. The quantitative estimate of drug-likeness (QED) is 0.299. The predicted molar refractivity (Wildman–Crippen MR) is 125 cm³/mol. The Morgan fingerprint density at radius 2 is 1.97 bits per heavy atom. The average Bonchev–Trinajstić information content (AvgIpc) is 3.37. The zero-order chi connectivity index (χ0) is 23.8. The van der Waals surface area contributed by atoms with E-state index in [1.807, 2.05) is 13.8 Å². The molecule has 3 aromatic rings. The van der Waals surface area contributed by atoms with E-state index in [0.29, 0.717) is 39.0 Å². The van der Waals surface area contributed by atoms with Crippen molar-refractivity contribution >= 4 is 51.7 Å². The molecule has 0 bridgehead atoms. The molecule has 12 heteroatoms. The Labute approximate surface area is 198 Å². The number of H-pyrrole nitrogens is 1. The molecule has 2 heterocycles. The average molecular weight is 490 g/mol. The lowest BCUT2D eigenvalue weighted by Crippen LogP contribution is -2.21. The van der Waals surface area contributed by atoms with Gasteiger partial charge in [0, 0.05) is 12.4 Å². The SMILES string of the molecule is CC(C)COc1ccccc1NC(=O)CC(=O)Nc1nc(CC(=O)O)c(Sc2ncc[nH]2)s1. The summed E-state index contributed by atoms with van der Waals surface area (Å²) in [5.41, 5.74) is 0.788. The van der Waals surface area contributed by atoms with Gasteiger partial charge in [0.2, 0.25) is 11.8 Å². The number of aromatic amines is 1. The van der Waals surface area contributed by atoms with E-state index in [1.54, 1.807) is 36.7 Å². The minimum absolute atomic E-state index is 0.207. The Bertz CT molecular complexity index is 1110. The van der Waals surface area contributed by atoms with Crippen molar-refractivity contribution in [1.82, 2.24) is 15.0 Å². The maximum Gasteiger partial charge on any atom is 0.309 e. The third-order valence-electron chi connectivity index (χ3n) is 3.94. The fourth-order valence-corrected chi connectivity index (χ4v) is 4.60. The summed E-state index contributed by atoms with van der Waals surface area (Å²) in [6.07, 6.45) is 2.48. The Morgan fingerprint density at radius 1 is 1.21 bits per heavy atom. The van der Waals surface area contributed by atoms with Gasteiger partial charge in [-0.1, -0.05) is 37.3 Å². The number of amides is 2.